The summed E-state index contributed by atoms with van der Waals surface area (Å²) in [6.45, 7) is 4.91. The first-order valence-electron chi connectivity index (χ1n) is 8.93. The van der Waals surface area contributed by atoms with Crippen molar-refractivity contribution in [3.8, 4) is 0 Å². The van der Waals surface area contributed by atoms with Gasteiger partial charge in [0, 0.05) is 19.7 Å². The van der Waals surface area contributed by atoms with E-state index in [1.165, 1.54) is 23.1 Å². The van der Waals surface area contributed by atoms with Gasteiger partial charge in [0.15, 0.2) is 10.6 Å². The number of hydrogen-bond donors (Lipinski definition) is 1. The Balaban J connectivity index is 1.64. The molecule has 29 heavy (non-hydrogen) atoms. The summed E-state index contributed by atoms with van der Waals surface area (Å²) in [5.41, 5.74) is 2.18. The van der Waals surface area contributed by atoms with Gasteiger partial charge in [-0.05, 0) is 31.5 Å². The van der Waals surface area contributed by atoms with Crippen molar-refractivity contribution in [2.24, 2.45) is 4.99 Å². The standard InChI is InChI=1S/C19H22N4O4S2/c1-12-4-5-14-15(8-12)29-19(23(14)6-7-26-3)21-18(25)11-28-10-17(24)20-16-9-13(2)27-22-16/h4-5,8-9H,6-7,10-11H2,1-3H3,(H,20,22,24). The van der Waals surface area contributed by atoms with E-state index in [9.17, 15) is 9.59 Å². The molecule has 1 N–H and O–H groups in total. The second-order valence-corrected chi connectivity index (χ2v) is 8.36. The summed E-state index contributed by atoms with van der Waals surface area (Å²) in [5.74, 6) is 0.690. The van der Waals surface area contributed by atoms with E-state index in [2.05, 4.69) is 21.5 Å². The fourth-order valence-electron chi connectivity index (χ4n) is 2.64. The summed E-state index contributed by atoms with van der Waals surface area (Å²) in [5, 5.41) is 6.32. The highest BCUT2D eigenvalue weighted by molar-refractivity contribution is 8.00. The van der Waals surface area contributed by atoms with Crippen LogP contribution in [0.3, 0.4) is 0 Å². The van der Waals surface area contributed by atoms with E-state index in [0.29, 0.717) is 29.5 Å². The zero-order valence-electron chi connectivity index (χ0n) is 16.4. The highest BCUT2D eigenvalue weighted by Crippen LogP contribution is 2.19. The van der Waals surface area contributed by atoms with Crippen LogP contribution in [0.1, 0.15) is 11.3 Å². The molecule has 2 amide bonds. The highest BCUT2D eigenvalue weighted by atomic mass is 32.2. The molecule has 0 aliphatic heterocycles. The summed E-state index contributed by atoms with van der Waals surface area (Å²) >= 11 is 2.68. The Labute approximate surface area is 175 Å². The van der Waals surface area contributed by atoms with Crippen molar-refractivity contribution in [1.82, 2.24) is 9.72 Å². The van der Waals surface area contributed by atoms with Gasteiger partial charge in [0.25, 0.3) is 5.91 Å². The number of fused-ring (bicyclic) bond motifs is 1. The van der Waals surface area contributed by atoms with Crippen LogP contribution in [0.5, 0.6) is 0 Å². The number of amides is 2. The number of thiazole rings is 1. The zero-order valence-corrected chi connectivity index (χ0v) is 18.1. The molecule has 0 saturated carbocycles. The molecule has 0 bridgehead atoms. The van der Waals surface area contributed by atoms with Crippen LogP contribution in [-0.4, -0.2) is 46.8 Å². The summed E-state index contributed by atoms with van der Waals surface area (Å²) in [7, 11) is 1.64. The Morgan fingerprint density at radius 3 is 2.86 bits per heavy atom. The second-order valence-electron chi connectivity index (χ2n) is 6.37. The normalized spacial score (nSPS) is 11.9. The molecule has 0 aliphatic rings. The van der Waals surface area contributed by atoms with Crippen LogP contribution >= 0.6 is 23.1 Å². The molecule has 8 nitrogen and oxygen atoms in total. The van der Waals surface area contributed by atoms with E-state index in [4.69, 9.17) is 9.26 Å². The smallest absolute Gasteiger partial charge is 0.258 e. The van der Waals surface area contributed by atoms with Crippen molar-refractivity contribution in [1.29, 1.82) is 0 Å². The Hall–Kier alpha value is -2.43. The van der Waals surface area contributed by atoms with E-state index in [1.807, 2.05) is 23.6 Å². The van der Waals surface area contributed by atoms with Crippen molar-refractivity contribution in [2.75, 3.05) is 30.5 Å². The molecule has 0 atom stereocenters. The number of aryl methyl sites for hydroxylation is 2. The first kappa shape index (κ1) is 21.3. The molecule has 0 aliphatic carbocycles. The van der Waals surface area contributed by atoms with Crippen molar-refractivity contribution in [2.45, 2.75) is 20.4 Å². The molecule has 0 saturated heterocycles. The average molecular weight is 435 g/mol. The maximum Gasteiger partial charge on any atom is 0.258 e. The summed E-state index contributed by atoms with van der Waals surface area (Å²) in [6, 6.07) is 7.78. The fraction of sp³-hybridized carbons (Fsp3) is 0.368. The number of anilines is 1. The number of nitrogens with zero attached hydrogens (tertiary/aromatic N) is 3. The number of aromatic nitrogens is 2. The Bertz CT molecular complexity index is 1080. The molecular weight excluding hydrogens is 412 g/mol. The molecule has 154 valence electrons. The predicted molar refractivity (Wildman–Crippen MR) is 114 cm³/mol. The minimum absolute atomic E-state index is 0.114. The van der Waals surface area contributed by atoms with Gasteiger partial charge in [0.1, 0.15) is 5.76 Å². The Morgan fingerprint density at radius 1 is 1.31 bits per heavy atom. The number of ether oxygens (including phenoxy) is 1. The van der Waals surface area contributed by atoms with Gasteiger partial charge < -0.3 is 19.1 Å². The fourth-order valence-corrected chi connectivity index (χ4v) is 4.41. The van der Waals surface area contributed by atoms with Crippen LogP contribution in [0.2, 0.25) is 0 Å². The first-order valence-corrected chi connectivity index (χ1v) is 10.9. The number of nitrogens with one attached hydrogen (secondary N) is 1. The Kier molecular flexibility index (Phi) is 7.24. The zero-order chi connectivity index (χ0) is 20.8. The second kappa shape index (κ2) is 9.86. The van der Waals surface area contributed by atoms with Crippen LogP contribution in [-0.2, 0) is 20.9 Å². The molecule has 3 rings (SSSR count). The van der Waals surface area contributed by atoms with E-state index < -0.39 is 0 Å². The average Bonchev–Trinajstić information content (AvgIpc) is 3.22. The number of carbonyl (C=O) groups is 2. The van der Waals surface area contributed by atoms with Gasteiger partial charge in [-0.15, -0.1) is 11.8 Å². The number of carbonyl (C=O) groups excluding carboxylic acids is 2. The molecule has 0 spiro atoms. The first-order chi connectivity index (χ1) is 14.0. The minimum atomic E-state index is -0.283. The quantitative estimate of drug-likeness (QED) is 0.585. The van der Waals surface area contributed by atoms with Gasteiger partial charge in [0.2, 0.25) is 5.91 Å². The molecule has 2 aromatic heterocycles. The van der Waals surface area contributed by atoms with E-state index in [-0.39, 0.29) is 23.3 Å². The number of methoxy groups -OCH3 is 1. The molecule has 10 heteroatoms. The highest BCUT2D eigenvalue weighted by Gasteiger charge is 2.10. The van der Waals surface area contributed by atoms with Crippen molar-refractivity contribution in [3.63, 3.8) is 0 Å². The topological polar surface area (TPSA) is 98.7 Å². The van der Waals surface area contributed by atoms with Crippen LogP contribution in [0, 0.1) is 13.8 Å². The largest absolute Gasteiger partial charge is 0.383 e. The molecule has 3 aromatic rings. The lowest BCUT2D eigenvalue weighted by Crippen LogP contribution is -2.20. The van der Waals surface area contributed by atoms with Gasteiger partial charge in [-0.2, -0.15) is 4.99 Å². The van der Waals surface area contributed by atoms with Crippen molar-refractivity contribution >= 4 is 50.9 Å². The van der Waals surface area contributed by atoms with E-state index >= 15 is 0 Å². The van der Waals surface area contributed by atoms with Gasteiger partial charge >= 0.3 is 0 Å². The monoisotopic (exact) mass is 434 g/mol. The molecule has 2 heterocycles. The predicted octanol–water partition coefficient (Wildman–Crippen LogP) is 2.75. The lowest BCUT2D eigenvalue weighted by Gasteiger charge is -2.04. The number of thioether (sulfide) groups is 1. The van der Waals surface area contributed by atoms with Gasteiger partial charge in [-0.3, -0.25) is 9.59 Å². The summed E-state index contributed by atoms with van der Waals surface area (Å²) in [4.78, 5) is 29.2. The maximum atomic E-state index is 12.3. The number of benzene rings is 1. The van der Waals surface area contributed by atoms with Crippen LogP contribution in [0.15, 0.2) is 33.8 Å². The van der Waals surface area contributed by atoms with Gasteiger partial charge in [-0.25, -0.2) is 0 Å². The third-order valence-electron chi connectivity index (χ3n) is 3.93. The van der Waals surface area contributed by atoms with E-state index in [0.717, 1.165) is 15.8 Å². The van der Waals surface area contributed by atoms with Crippen molar-refractivity contribution in [3.05, 3.63) is 40.4 Å². The third-order valence-corrected chi connectivity index (χ3v) is 5.89. The lowest BCUT2D eigenvalue weighted by molar-refractivity contribution is -0.115. The van der Waals surface area contributed by atoms with Gasteiger partial charge in [-0.1, -0.05) is 22.6 Å². The summed E-state index contributed by atoms with van der Waals surface area (Å²) < 4.78 is 13.1. The molecular formula is C19H22N4O4S2. The summed E-state index contributed by atoms with van der Waals surface area (Å²) in [6.07, 6.45) is 0. The van der Waals surface area contributed by atoms with E-state index in [1.54, 1.807) is 20.1 Å². The third kappa shape index (κ3) is 5.78. The lowest BCUT2D eigenvalue weighted by atomic mass is 10.2. The number of hydrogen-bond acceptors (Lipinski definition) is 7. The maximum absolute atomic E-state index is 12.3. The van der Waals surface area contributed by atoms with Gasteiger partial charge in [0.05, 0.1) is 28.3 Å². The molecule has 1 aromatic carbocycles. The van der Waals surface area contributed by atoms with Crippen LogP contribution < -0.4 is 10.1 Å². The van der Waals surface area contributed by atoms with Crippen molar-refractivity contribution < 1.29 is 18.8 Å². The number of rotatable bonds is 8. The molecule has 0 fully saturated rings. The molecule has 0 radical (unpaired) electrons. The Morgan fingerprint density at radius 2 is 2.14 bits per heavy atom. The van der Waals surface area contributed by atoms with Crippen LogP contribution in [0.25, 0.3) is 10.2 Å². The van der Waals surface area contributed by atoms with Crippen LogP contribution in [0.4, 0.5) is 5.82 Å². The minimum Gasteiger partial charge on any atom is -0.383 e. The SMILES string of the molecule is COCCn1c(=NC(=O)CSCC(=O)Nc2cc(C)on2)sc2cc(C)ccc21. The molecule has 0 unspecified atom stereocenters.